The first-order valence-corrected chi connectivity index (χ1v) is 17.4. The molecule has 0 aliphatic heterocycles. The van der Waals surface area contributed by atoms with Crippen LogP contribution in [0.25, 0.3) is 0 Å². The largest absolute Gasteiger partial charge is 0.493 e. The van der Waals surface area contributed by atoms with E-state index in [-0.39, 0.29) is 50.7 Å². The maximum atomic E-state index is 13.4. The van der Waals surface area contributed by atoms with Gasteiger partial charge >= 0.3 is 5.97 Å². The summed E-state index contributed by atoms with van der Waals surface area (Å²) in [6.07, 6.45) is 1.10. The Morgan fingerprint density at radius 3 is 2.02 bits per heavy atom. The number of carbonyl (C=O) groups excluding carboxylic acids is 3. The molecule has 0 radical (unpaired) electrons. The summed E-state index contributed by atoms with van der Waals surface area (Å²) in [5.41, 5.74) is 2.09. The Kier molecular flexibility index (Phi) is 14.8. The maximum Gasteiger partial charge on any atom is 0.335 e. The summed E-state index contributed by atoms with van der Waals surface area (Å²) in [6.45, 7) is 18.6. The van der Waals surface area contributed by atoms with Crippen molar-refractivity contribution in [2.45, 2.75) is 105 Å². The number of benzene rings is 3. The Hall–Kier alpha value is -4.41. The second-order valence-corrected chi connectivity index (χ2v) is 15.2. The molecule has 1 unspecified atom stereocenters. The SMILES string of the molecule is CCC(C)(C)c1ccc(OCCCC(=O)Nc2ccc(Cl)c(NC(=O)C(Oc3ccc(C(=O)O)cc3)C(=O)C(C)(C)C)c2)c(C(C)(C)CC)c1.O. The number of carbonyl (C=O) groups is 4. The number of ether oxygens (including phenoxy) is 2. The molecule has 0 aliphatic carbocycles. The molecule has 51 heavy (non-hydrogen) atoms. The van der Waals surface area contributed by atoms with Crippen LogP contribution in [0.4, 0.5) is 11.4 Å². The van der Waals surface area contributed by atoms with Crippen molar-refractivity contribution < 1.29 is 39.2 Å². The van der Waals surface area contributed by atoms with E-state index < -0.39 is 29.2 Å². The highest BCUT2D eigenvalue weighted by Gasteiger charge is 2.37. The Morgan fingerprint density at radius 1 is 0.824 bits per heavy atom. The molecule has 1 atom stereocenters. The normalized spacial score (nSPS) is 12.3. The number of amides is 2. The molecule has 3 aromatic rings. The van der Waals surface area contributed by atoms with Crippen molar-refractivity contribution in [3.05, 3.63) is 82.4 Å². The molecular weight excluding hydrogens is 672 g/mol. The van der Waals surface area contributed by atoms with Crippen LogP contribution < -0.4 is 20.1 Å². The second kappa shape index (κ2) is 17.7. The van der Waals surface area contributed by atoms with E-state index in [0.717, 1.165) is 24.2 Å². The molecule has 0 aromatic heterocycles. The molecule has 0 aliphatic rings. The minimum atomic E-state index is -1.56. The lowest BCUT2D eigenvalue weighted by Gasteiger charge is -2.30. The lowest BCUT2D eigenvalue weighted by molar-refractivity contribution is -0.140. The molecule has 0 fully saturated rings. The molecule has 3 rings (SSSR count). The van der Waals surface area contributed by atoms with E-state index in [0.29, 0.717) is 18.7 Å². The van der Waals surface area contributed by atoms with Crippen molar-refractivity contribution in [3.63, 3.8) is 0 Å². The molecule has 0 saturated heterocycles. The second-order valence-electron chi connectivity index (χ2n) is 14.8. The third-order valence-electron chi connectivity index (χ3n) is 9.14. The van der Waals surface area contributed by atoms with E-state index in [4.69, 9.17) is 21.1 Å². The highest BCUT2D eigenvalue weighted by molar-refractivity contribution is 6.34. The molecule has 3 aromatic carbocycles. The molecule has 0 heterocycles. The van der Waals surface area contributed by atoms with Gasteiger partial charge in [-0.2, -0.15) is 0 Å². The standard InChI is InChI=1S/C40H51ClN2O7.H2O/c1-10-39(6,7)26-16-21-32(29(23-26)40(8,9)11-2)49-22-12-13-33(44)42-27-17-20-30(41)31(24-27)43-36(46)34(35(45)38(3,4)5)50-28-18-14-25(15-19-28)37(47)48;/h14-21,23-24,34H,10-13,22H2,1-9H3,(H,42,44)(H,43,46)(H,47,48);1H2. The van der Waals surface area contributed by atoms with Gasteiger partial charge in [0, 0.05) is 23.1 Å². The minimum absolute atomic E-state index is 0. The van der Waals surface area contributed by atoms with Crippen molar-refractivity contribution >= 4 is 46.5 Å². The Labute approximate surface area is 306 Å². The predicted octanol–water partition coefficient (Wildman–Crippen LogP) is 8.39. The first-order chi connectivity index (χ1) is 23.3. The van der Waals surface area contributed by atoms with Gasteiger partial charge in [-0.3, -0.25) is 14.4 Å². The number of carboxylic acid groups (broad SMARTS) is 1. The zero-order chi connectivity index (χ0) is 37.4. The van der Waals surface area contributed by atoms with E-state index in [2.05, 4.69) is 64.3 Å². The third kappa shape index (κ3) is 11.6. The van der Waals surface area contributed by atoms with Gasteiger partial charge in [0.25, 0.3) is 5.91 Å². The zero-order valence-corrected chi connectivity index (χ0v) is 31.9. The van der Waals surface area contributed by atoms with Crippen LogP contribution in [-0.2, 0) is 25.2 Å². The number of anilines is 2. The van der Waals surface area contributed by atoms with Crippen molar-refractivity contribution in [1.29, 1.82) is 0 Å². The summed E-state index contributed by atoms with van der Waals surface area (Å²) in [6, 6.07) is 16.5. The fourth-order valence-corrected chi connectivity index (χ4v) is 5.13. The molecule has 0 bridgehead atoms. The quantitative estimate of drug-likeness (QED) is 0.0987. The van der Waals surface area contributed by atoms with Gasteiger partial charge < -0.3 is 30.7 Å². The Bertz CT molecular complexity index is 1690. The van der Waals surface area contributed by atoms with Gasteiger partial charge in [-0.25, -0.2) is 4.79 Å². The summed E-state index contributed by atoms with van der Waals surface area (Å²) < 4.78 is 12.0. The molecule has 5 N–H and O–H groups in total. The monoisotopic (exact) mass is 724 g/mol. The van der Waals surface area contributed by atoms with E-state index in [1.165, 1.54) is 42.0 Å². The fourth-order valence-electron chi connectivity index (χ4n) is 4.97. The summed E-state index contributed by atoms with van der Waals surface area (Å²) in [5, 5.41) is 14.9. The molecule has 11 heteroatoms. The van der Waals surface area contributed by atoms with Gasteiger partial charge in [-0.15, -0.1) is 0 Å². The summed E-state index contributed by atoms with van der Waals surface area (Å²) in [5.74, 6) is -1.65. The van der Waals surface area contributed by atoms with Gasteiger partial charge in [-0.05, 0) is 84.2 Å². The van der Waals surface area contributed by atoms with Crippen LogP contribution in [0.1, 0.15) is 109 Å². The smallest absolute Gasteiger partial charge is 0.335 e. The van der Waals surface area contributed by atoms with Crippen LogP contribution in [0.3, 0.4) is 0 Å². The Morgan fingerprint density at radius 2 is 1.45 bits per heavy atom. The number of aromatic carboxylic acids is 1. The number of ketones is 1. The number of nitrogens with one attached hydrogen (secondary N) is 2. The zero-order valence-electron chi connectivity index (χ0n) is 31.2. The van der Waals surface area contributed by atoms with Crippen molar-refractivity contribution in [3.8, 4) is 11.5 Å². The number of halogens is 1. The molecule has 0 saturated carbocycles. The number of Topliss-reactive ketones (excluding diaryl/α,β-unsaturated/α-hetero) is 1. The van der Waals surface area contributed by atoms with E-state index in [9.17, 15) is 24.3 Å². The molecular formula is C40H53ClN2O8. The average molecular weight is 725 g/mol. The molecule has 10 nitrogen and oxygen atoms in total. The average Bonchev–Trinajstić information content (AvgIpc) is 3.06. The van der Waals surface area contributed by atoms with Crippen LogP contribution in [0, 0.1) is 5.41 Å². The lowest BCUT2D eigenvalue weighted by atomic mass is 9.76. The first-order valence-electron chi connectivity index (χ1n) is 17.0. The van der Waals surface area contributed by atoms with Crippen LogP contribution >= 0.6 is 11.6 Å². The van der Waals surface area contributed by atoms with E-state index >= 15 is 0 Å². The van der Waals surface area contributed by atoms with Crippen LogP contribution in [-0.4, -0.2) is 46.9 Å². The van der Waals surface area contributed by atoms with Crippen molar-refractivity contribution in [1.82, 2.24) is 0 Å². The number of hydrogen-bond donors (Lipinski definition) is 3. The molecule has 2 amide bonds. The minimum Gasteiger partial charge on any atom is -0.493 e. The highest BCUT2D eigenvalue weighted by atomic mass is 35.5. The van der Waals surface area contributed by atoms with Crippen LogP contribution in [0.2, 0.25) is 5.02 Å². The third-order valence-corrected chi connectivity index (χ3v) is 9.47. The highest BCUT2D eigenvalue weighted by Crippen LogP contribution is 2.38. The molecule has 278 valence electrons. The summed E-state index contributed by atoms with van der Waals surface area (Å²) >= 11 is 6.39. The van der Waals surface area contributed by atoms with Gasteiger partial charge in [0.15, 0.2) is 5.78 Å². The summed E-state index contributed by atoms with van der Waals surface area (Å²) in [7, 11) is 0. The predicted molar refractivity (Wildman–Crippen MR) is 202 cm³/mol. The van der Waals surface area contributed by atoms with E-state index in [1.54, 1.807) is 26.8 Å². The number of hydrogen-bond acceptors (Lipinski definition) is 6. The van der Waals surface area contributed by atoms with Crippen LogP contribution in [0.15, 0.2) is 60.7 Å². The van der Waals surface area contributed by atoms with Crippen molar-refractivity contribution in [2.75, 3.05) is 17.2 Å². The van der Waals surface area contributed by atoms with E-state index in [1.807, 2.05) is 6.07 Å². The van der Waals surface area contributed by atoms with Gasteiger partial charge in [0.05, 0.1) is 22.9 Å². The fraction of sp³-hybridized carbons (Fsp3) is 0.450. The first kappa shape index (κ1) is 42.8. The van der Waals surface area contributed by atoms with Crippen molar-refractivity contribution in [2.24, 2.45) is 5.41 Å². The van der Waals surface area contributed by atoms with Gasteiger partial charge in [0.2, 0.25) is 12.0 Å². The van der Waals surface area contributed by atoms with Crippen LogP contribution in [0.5, 0.6) is 11.5 Å². The molecule has 0 spiro atoms. The Balaban J connectivity index is 0.00000901. The van der Waals surface area contributed by atoms with Gasteiger partial charge in [0.1, 0.15) is 11.5 Å². The summed E-state index contributed by atoms with van der Waals surface area (Å²) in [4.78, 5) is 50.8. The maximum absolute atomic E-state index is 13.4. The van der Waals surface area contributed by atoms with Gasteiger partial charge in [-0.1, -0.05) is 86.0 Å². The topological polar surface area (TPSA) is 163 Å². The lowest BCUT2D eigenvalue weighted by Crippen LogP contribution is -2.45. The number of rotatable bonds is 16. The number of carboxylic acids is 1.